The summed E-state index contributed by atoms with van der Waals surface area (Å²) in [6.07, 6.45) is 0. The monoisotopic (exact) mass is 368 g/mol. The van der Waals surface area contributed by atoms with Crippen LogP contribution in [0.2, 0.25) is 25.7 Å². The lowest BCUT2D eigenvalue weighted by Gasteiger charge is -2.21. The molecular formula is C18H29FN2O3Si. The number of aliphatic hydroxyl groups is 1. The molecule has 0 aliphatic carbocycles. The topological polar surface area (TPSA) is 56.5 Å². The van der Waals surface area contributed by atoms with Crippen LogP contribution in [0.25, 0.3) is 11.0 Å². The molecule has 0 saturated heterocycles. The average Bonchev–Trinajstić information content (AvgIpc) is 2.79. The predicted octanol–water partition coefficient (Wildman–Crippen LogP) is 4.16. The zero-order valence-electron chi connectivity index (χ0n) is 16.0. The maximum absolute atomic E-state index is 14.1. The molecule has 1 aromatic heterocycles. The lowest BCUT2D eigenvalue weighted by molar-refractivity contribution is 0.0845. The number of nitrogens with zero attached hydrogens (tertiary/aromatic N) is 2. The lowest BCUT2D eigenvalue weighted by atomic mass is 10.2. The molecule has 0 spiro atoms. The van der Waals surface area contributed by atoms with Gasteiger partial charge in [-0.2, -0.15) is 0 Å². The number of imidazole rings is 1. The van der Waals surface area contributed by atoms with Crippen LogP contribution in [0.4, 0.5) is 4.39 Å². The Morgan fingerprint density at radius 3 is 2.48 bits per heavy atom. The third-order valence-corrected chi connectivity index (χ3v) is 5.34. The molecule has 0 bridgehead atoms. The van der Waals surface area contributed by atoms with Gasteiger partial charge in [0, 0.05) is 26.8 Å². The van der Waals surface area contributed by atoms with Crippen molar-refractivity contribution in [3.63, 3.8) is 0 Å². The minimum Gasteiger partial charge on any atom is -0.486 e. The Bertz CT molecular complexity index is 732. The quantitative estimate of drug-likeness (QED) is 0.589. The number of hydrogen-bond donors (Lipinski definition) is 1. The molecule has 7 heteroatoms. The molecule has 2 rings (SSSR count). The molecular weight excluding hydrogens is 339 g/mol. The van der Waals surface area contributed by atoms with E-state index in [9.17, 15) is 9.50 Å². The number of benzene rings is 1. The second kappa shape index (κ2) is 7.43. The number of aromatic nitrogens is 2. The zero-order chi connectivity index (χ0) is 18.8. The fourth-order valence-electron chi connectivity index (χ4n) is 2.41. The molecule has 1 heterocycles. The number of hydrogen-bond acceptors (Lipinski definition) is 4. The highest BCUT2D eigenvalue weighted by Crippen LogP contribution is 2.30. The maximum atomic E-state index is 14.1. The molecule has 140 valence electrons. The van der Waals surface area contributed by atoms with Gasteiger partial charge >= 0.3 is 0 Å². The van der Waals surface area contributed by atoms with Crippen LogP contribution in [-0.4, -0.2) is 34.9 Å². The molecule has 0 aliphatic heterocycles. The largest absolute Gasteiger partial charge is 0.486 e. The predicted molar refractivity (Wildman–Crippen MR) is 100 cm³/mol. The first-order chi connectivity index (χ1) is 11.5. The van der Waals surface area contributed by atoms with Gasteiger partial charge in [-0.15, -0.1) is 0 Å². The molecule has 2 aromatic rings. The van der Waals surface area contributed by atoms with Gasteiger partial charge in [0.1, 0.15) is 36.1 Å². The van der Waals surface area contributed by atoms with E-state index in [4.69, 9.17) is 9.47 Å². The SMILES string of the molecule is CC(C)(C)Oc1cc(F)cc2c1nc(CO)n2COCC[Si](C)(C)C. The minimum absolute atomic E-state index is 0.231. The van der Waals surface area contributed by atoms with Crippen molar-refractivity contribution in [1.29, 1.82) is 0 Å². The van der Waals surface area contributed by atoms with Crippen LogP contribution in [-0.2, 0) is 18.1 Å². The van der Waals surface area contributed by atoms with Gasteiger partial charge in [0.05, 0.1) is 5.52 Å². The van der Waals surface area contributed by atoms with Crippen molar-refractivity contribution >= 4 is 19.1 Å². The summed E-state index contributed by atoms with van der Waals surface area (Å²) in [6.45, 7) is 13.2. The number of aliphatic hydroxyl groups excluding tert-OH is 1. The van der Waals surface area contributed by atoms with E-state index < -0.39 is 19.5 Å². The summed E-state index contributed by atoms with van der Waals surface area (Å²) >= 11 is 0. The van der Waals surface area contributed by atoms with Gasteiger partial charge in [0.25, 0.3) is 0 Å². The summed E-state index contributed by atoms with van der Waals surface area (Å²) in [5.41, 5.74) is 0.628. The van der Waals surface area contributed by atoms with Gasteiger partial charge in [-0.1, -0.05) is 19.6 Å². The Kier molecular flexibility index (Phi) is 5.91. The summed E-state index contributed by atoms with van der Waals surface area (Å²) in [4.78, 5) is 4.43. The number of halogens is 1. The van der Waals surface area contributed by atoms with Gasteiger partial charge in [-0.25, -0.2) is 9.37 Å². The third-order valence-electron chi connectivity index (χ3n) is 3.64. The molecule has 0 radical (unpaired) electrons. The van der Waals surface area contributed by atoms with Crippen molar-refractivity contribution in [1.82, 2.24) is 9.55 Å². The van der Waals surface area contributed by atoms with Crippen molar-refractivity contribution in [2.45, 2.75) is 65.4 Å². The van der Waals surface area contributed by atoms with Crippen LogP contribution in [0.5, 0.6) is 5.75 Å². The van der Waals surface area contributed by atoms with Gasteiger partial charge < -0.3 is 19.1 Å². The van der Waals surface area contributed by atoms with Crippen LogP contribution in [0.3, 0.4) is 0 Å². The molecule has 1 N–H and O–H groups in total. The summed E-state index contributed by atoms with van der Waals surface area (Å²) in [5, 5.41) is 9.63. The lowest BCUT2D eigenvalue weighted by Crippen LogP contribution is -2.23. The van der Waals surface area contributed by atoms with E-state index >= 15 is 0 Å². The summed E-state index contributed by atoms with van der Waals surface area (Å²) in [6, 6.07) is 3.78. The highest BCUT2D eigenvalue weighted by atomic mass is 28.3. The van der Waals surface area contributed by atoms with Crippen molar-refractivity contribution in [3.05, 3.63) is 23.8 Å². The van der Waals surface area contributed by atoms with Crippen molar-refractivity contribution in [3.8, 4) is 5.75 Å². The Labute approximate surface area is 149 Å². The fourth-order valence-corrected chi connectivity index (χ4v) is 3.17. The number of ether oxygens (including phenoxy) is 2. The fraction of sp³-hybridized carbons (Fsp3) is 0.611. The second-order valence-corrected chi connectivity index (χ2v) is 14.1. The zero-order valence-corrected chi connectivity index (χ0v) is 17.0. The summed E-state index contributed by atoms with van der Waals surface area (Å²) < 4.78 is 27.4. The van der Waals surface area contributed by atoms with E-state index in [0.717, 1.165) is 6.04 Å². The van der Waals surface area contributed by atoms with Crippen LogP contribution < -0.4 is 4.74 Å². The van der Waals surface area contributed by atoms with E-state index in [0.29, 0.717) is 29.2 Å². The number of rotatable bonds is 7. The minimum atomic E-state index is -1.18. The summed E-state index contributed by atoms with van der Waals surface area (Å²) in [5.74, 6) is 0.407. The molecule has 5 nitrogen and oxygen atoms in total. The van der Waals surface area contributed by atoms with E-state index in [1.54, 1.807) is 4.57 Å². The first-order valence-corrected chi connectivity index (χ1v) is 12.3. The number of fused-ring (bicyclic) bond motifs is 1. The standard InChI is InChI=1S/C18H29FN2O3Si/c1-18(2,3)24-15-10-13(19)9-14-17(15)20-16(11-22)21(14)12-23-7-8-25(4,5)6/h9-10,22H,7-8,11-12H2,1-6H3. The smallest absolute Gasteiger partial charge is 0.150 e. The van der Waals surface area contributed by atoms with E-state index in [2.05, 4.69) is 24.6 Å². The van der Waals surface area contributed by atoms with Crippen LogP contribution in [0, 0.1) is 5.82 Å². The Hall–Kier alpha value is -1.44. The maximum Gasteiger partial charge on any atom is 0.150 e. The summed E-state index contributed by atoms with van der Waals surface area (Å²) in [7, 11) is -1.18. The second-order valence-electron chi connectivity index (χ2n) is 8.45. The Balaban J connectivity index is 2.33. The van der Waals surface area contributed by atoms with Crippen LogP contribution >= 0.6 is 0 Å². The van der Waals surface area contributed by atoms with Crippen molar-refractivity contribution in [2.24, 2.45) is 0 Å². The molecule has 0 atom stereocenters. The highest BCUT2D eigenvalue weighted by molar-refractivity contribution is 6.76. The van der Waals surface area contributed by atoms with Gasteiger partial charge in [0.2, 0.25) is 0 Å². The molecule has 0 fully saturated rings. The molecule has 0 unspecified atom stereocenters. The van der Waals surface area contributed by atoms with Crippen molar-refractivity contribution < 1.29 is 19.0 Å². The van der Waals surface area contributed by atoms with Crippen molar-refractivity contribution in [2.75, 3.05) is 6.61 Å². The van der Waals surface area contributed by atoms with Gasteiger partial charge in [-0.3, -0.25) is 0 Å². The molecule has 0 aliphatic rings. The first kappa shape index (κ1) is 19.9. The van der Waals surface area contributed by atoms with Crippen LogP contribution in [0.1, 0.15) is 26.6 Å². The van der Waals surface area contributed by atoms with E-state index in [1.165, 1.54) is 12.1 Å². The van der Waals surface area contributed by atoms with Gasteiger partial charge in [0.15, 0.2) is 5.75 Å². The normalized spacial score (nSPS) is 12.8. The Morgan fingerprint density at radius 2 is 1.92 bits per heavy atom. The van der Waals surface area contributed by atoms with Crippen LogP contribution in [0.15, 0.2) is 12.1 Å². The molecule has 1 aromatic carbocycles. The highest BCUT2D eigenvalue weighted by Gasteiger charge is 2.20. The molecule has 0 saturated carbocycles. The average molecular weight is 369 g/mol. The molecule has 0 amide bonds. The van der Waals surface area contributed by atoms with E-state index in [-0.39, 0.29) is 13.3 Å². The van der Waals surface area contributed by atoms with Gasteiger partial charge in [-0.05, 0) is 26.8 Å². The molecule has 25 heavy (non-hydrogen) atoms. The third kappa shape index (κ3) is 5.52. The first-order valence-electron chi connectivity index (χ1n) is 8.56. The van der Waals surface area contributed by atoms with E-state index in [1.807, 2.05) is 20.8 Å². The Morgan fingerprint density at radius 1 is 1.24 bits per heavy atom.